The third kappa shape index (κ3) is 8.27. The van der Waals surface area contributed by atoms with Gasteiger partial charge in [0.25, 0.3) is 0 Å². The summed E-state index contributed by atoms with van der Waals surface area (Å²) < 4.78 is 4.99. The van der Waals surface area contributed by atoms with E-state index in [1.807, 2.05) is 0 Å². The van der Waals surface area contributed by atoms with E-state index in [0.29, 0.717) is 34.0 Å². The summed E-state index contributed by atoms with van der Waals surface area (Å²) >= 11 is 0.931. The molecule has 0 aliphatic carbocycles. The lowest BCUT2D eigenvalue weighted by Gasteiger charge is -2.22. The summed E-state index contributed by atoms with van der Waals surface area (Å²) in [6.45, 7) is 7.08. The molecule has 0 aliphatic rings. The van der Waals surface area contributed by atoms with Crippen molar-refractivity contribution < 1.29 is 23.9 Å². The molecule has 0 fully saturated rings. The smallest absolute Gasteiger partial charge is 0.245 e. The summed E-state index contributed by atoms with van der Waals surface area (Å²) in [5.41, 5.74) is 8.33. The van der Waals surface area contributed by atoms with Crippen LogP contribution in [0.1, 0.15) is 40.7 Å². The minimum atomic E-state index is -3.69. The Bertz CT molecular complexity index is 1100. The molecular weight excluding hydrogens is 463 g/mol. The van der Waals surface area contributed by atoms with Crippen molar-refractivity contribution in [2.45, 2.75) is 26.8 Å². The average molecular weight is 491 g/mol. The highest BCUT2D eigenvalue weighted by Gasteiger charge is 2.18. The number of aryl methyl sites for hydroxylation is 1. The number of nitrogens with zero attached hydrogens (tertiary/aromatic N) is 3. The van der Waals surface area contributed by atoms with Gasteiger partial charge < -0.3 is 24.9 Å². The van der Waals surface area contributed by atoms with Gasteiger partial charge in [-0.3, -0.25) is 9.59 Å². The number of aromatic nitrogens is 2. The van der Waals surface area contributed by atoms with E-state index in [1.165, 1.54) is 4.90 Å². The molecule has 0 atom stereocenters. The molecule has 0 bridgehead atoms. The van der Waals surface area contributed by atoms with E-state index in [4.69, 9.17) is 10.3 Å². The standard InChI is InChI=1S/C22H27N4O5PS/c1-5-17-6-8-18(9-7-17)22(28)33-20(10-11-31-32(4,29)30)15(2)26(14-27)13-19-12-24-16(3)25-21(19)23/h5-9,12,14,29-30H,1,4,10-11,13H2,2-3H3,(H2,23,24,25)/b20-15-. The van der Waals surface area contributed by atoms with E-state index in [1.54, 1.807) is 50.4 Å². The zero-order valence-corrected chi connectivity index (χ0v) is 20.2. The lowest BCUT2D eigenvalue weighted by atomic mass is 10.1. The van der Waals surface area contributed by atoms with Gasteiger partial charge in [-0.05, 0) is 49.6 Å². The Morgan fingerprint density at radius 2 is 2.00 bits per heavy atom. The Kier molecular flexibility index (Phi) is 9.57. The number of amides is 1. The minimum absolute atomic E-state index is 0.0981. The van der Waals surface area contributed by atoms with Gasteiger partial charge in [0.05, 0.1) is 13.2 Å². The fourth-order valence-electron chi connectivity index (χ4n) is 2.73. The summed E-state index contributed by atoms with van der Waals surface area (Å²) in [6.07, 6.45) is 7.16. The Morgan fingerprint density at radius 3 is 2.55 bits per heavy atom. The van der Waals surface area contributed by atoms with Crippen LogP contribution in [0.3, 0.4) is 0 Å². The fraction of sp³-hybridized carbons (Fsp3) is 0.227. The number of nitrogens with two attached hydrogens (primary N) is 1. The maximum atomic E-state index is 12.9. The zero-order chi connectivity index (χ0) is 24.6. The van der Waals surface area contributed by atoms with Gasteiger partial charge in [-0.25, -0.2) is 9.97 Å². The molecule has 4 N–H and O–H groups in total. The Morgan fingerprint density at radius 1 is 1.33 bits per heavy atom. The third-order valence-electron chi connectivity index (χ3n) is 4.55. The predicted octanol–water partition coefficient (Wildman–Crippen LogP) is 3.36. The molecule has 0 aliphatic heterocycles. The molecule has 1 aromatic heterocycles. The number of rotatable bonds is 11. The molecule has 2 aromatic rings. The van der Waals surface area contributed by atoms with Gasteiger partial charge in [0.2, 0.25) is 19.1 Å². The van der Waals surface area contributed by atoms with Crippen LogP contribution in [0.25, 0.3) is 6.08 Å². The zero-order valence-electron chi connectivity index (χ0n) is 18.5. The summed E-state index contributed by atoms with van der Waals surface area (Å²) in [5, 5.41) is -0.243. The molecule has 176 valence electrons. The van der Waals surface area contributed by atoms with E-state index in [9.17, 15) is 19.4 Å². The molecule has 1 aromatic carbocycles. The van der Waals surface area contributed by atoms with Crippen molar-refractivity contribution in [3.05, 3.63) is 70.2 Å². The third-order valence-corrected chi connectivity index (χ3v) is 6.31. The highest BCUT2D eigenvalue weighted by atomic mass is 32.2. The number of hydrogen-bond donors (Lipinski definition) is 3. The van der Waals surface area contributed by atoms with E-state index in [-0.39, 0.29) is 30.5 Å². The molecule has 1 heterocycles. The van der Waals surface area contributed by atoms with Crippen molar-refractivity contribution in [1.29, 1.82) is 0 Å². The van der Waals surface area contributed by atoms with Crippen LogP contribution < -0.4 is 5.73 Å². The van der Waals surface area contributed by atoms with Crippen LogP contribution >= 0.6 is 19.3 Å². The first-order valence-corrected chi connectivity index (χ1v) is 12.4. The molecular formula is C22H27N4O5PS. The second kappa shape index (κ2) is 11.9. The lowest BCUT2D eigenvalue weighted by molar-refractivity contribution is -0.116. The van der Waals surface area contributed by atoms with Gasteiger partial charge in [0, 0.05) is 34.3 Å². The Balaban J connectivity index is 2.32. The number of nitrogen functional groups attached to an aromatic ring is 1. The molecule has 11 heteroatoms. The van der Waals surface area contributed by atoms with Gasteiger partial charge >= 0.3 is 0 Å². The maximum Gasteiger partial charge on any atom is 0.245 e. The topological polar surface area (TPSA) is 139 Å². The van der Waals surface area contributed by atoms with Crippen molar-refractivity contribution in [2.24, 2.45) is 0 Å². The van der Waals surface area contributed by atoms with E-state index in [2.05, 4.69) is 22.8 Å². The molecule has 0 saturated heterocycles. The lowest BCUT2D eigenvalue weighted by Crippen LogP contribution is -2.22. The normalized spacial score (nSPS) is 12.1. The van der Waals surface area contributed by atoms with Crippen LogP contribution in [0.4, 0.5) is 5.82 Å². The number of carbonyl (C=O) groups excluding carboxylic acids is 2. The minimum Gasteiger partial charge on any atom is -0.383 e. The summed E-state index contributed by atoms with van der Waals surface area (Å²) in [4.78, 5) is 53.7. The molecule has 0 radical (unpaired) electrons. The number of thioether (sulfide) groups is 1. The fourth-order valence-corrected chi connectivity index (χ4v) is 4.04. The van der Waals surface area contributed by atoms with Crippen LogP contribution in [-0.4, -0.2) is 49.1 Å². The molecule has 0 unspecified atom stereocenters. The van der Waals surface area contributed by atoms with E-state index >= 15 is 0 Å². The summed E-state index contributed by atoms with van der Waals surface area (Å²) in [7, 11) is -3.69. The van der Waals surface area contributed by atoms with Crippen molar-refractivity contribution in [1.82, 2.24) is 14.9 Å². The van der Waals surface area contributed by atoms with Crippen LogP contribution in [-0.2, 0) is 15.9 Å². The monoisotopic (exact) mass is 490 g/mol. The number of benzene rings is 1. The molecule has 2 rings (SSSR count). The van der Waals surface area contributed by atoms with Crippen LogP contribution in [0, 0.1) is 6.92 Å². The van der Waals surface area contributed by atoms with Gasteiger partial charge in [-0.15, -0.1) is 0 Å². The number of allylic oxidation sites excluding steroid dienone is 1. The average Bonchev–Trinajstić information content (AvgIpc) is 2.76. The summed E-state index contributed by atoms with van der Waals surface area (Å²) in [6, 6.07) is 6.92. The van der Waals surface area contributed by atoms with Gasteiger partial charge in [0.15, 0.2) is 0 Å². The second-order valence-corrected chi connectivity index (χ2v) is 9.69. The molecule has 0 spiro atoms. The largest absolute Gasteiger partial charge is 0.383 e. The van der Waals surface area contributed by atoms with Crippen molar-refractivity contribution in [3.8, 4) is 0 Å². The molecule has 0 saturated carbocycles. The Hall–Kier alpha value is -2.75. The number of hydrogen-bond acceptors (Lipinski definition) is 9. The highest BCUT2D eigenvalue weighted by molar-refractivity contribution is 8.17. The van der Waals surface area contributed by atoms with Gasteiger partial charge in [-0.2, -0.15) is 0 Å². The van der Waals surface area contributed by atoms with E-state index < -0.39 is 7.57 Å². The first-order valence-electron chi connectivity index (χ1n) is 9.82. The molecule has 9 nitrogen and oxygen atoms in total. The number of anilines is 1. The van der Waals surface area contributed by atoms with Crippen LogP contribution in [0.15, 0.2) is 47.6 Å². The first kappa shape index (κ1) is 26.5. The first-order chi connectivity index (χ1) is 15.5. The van der Waals surface area contributed by atoms with Gasteiger partial charge in [-0.1, -0.05) is 24.8 Å². The van der Waals surface area contributed by atoms with Crippen molar-refractivity contribution in [2.75, 3.05) is 12.3 Å². The quantitative estimate of drug-likeness (QED) is 0.320. The molecule has 1 amide bonds. The van der Waals surface area contributed by atoms with Crippen LogP contribution in [0.5, 0.6) is 0 Å². The summed E-state index contributed by atoms with van der Waals surface area (Å²) in [5.74, 6) is 0.765. The second-order valence-electron chi connectivity index (χ2n) is 7.03. The van der Waals surface area contributed by atoms with Crippen LogP contribution in [0.2, 0.25) is 0 Å². The maximum absolute atomic E-state index is 12.9. The predicted molar refractivity (Wildman–Crippen MR) is 133 cm³/mol. The SMILES string of the molecule is C=Cc1ccc(C(=O)S/C(CCOP(=C)(O)O)=C(/C)N(C=O)Cc2cnc(C)nc2N)cc1. The highest BCUT2D eigenvalue weighted by Crippen LogP contribution is 2.37. The Labute approximate surface area is 197 Å². The number of carbonyl (C=O) groups is 2. The van der Waals surface area contributed by atoms with Gasteiger partial charge in [0.1, 0.15) is 11.6 Å². The van der Waals surface area contributed by atoms with Crippen molar-refractivity contribution in [3.63, 3.8) is 0 Å². The van der Waals surface area contributed by atoms with Crippen molar-refractivity contribution >= 4 is 49.0 Å². The van der Waals surface area contributed by atoms with E-state index in [0.717, 1.165) is 17.3 Å². The molecule has 33 heavy (non-hydrogen) atoms.